The number of carbonyl (C=O) groups is 1. The van der Waals surface area contributed by atoms with E-state index in [1.165, 1.54) is 12.1 Å². The highest BCUT2D eigenvalue weighted by Crippen LogP contribution is 2.33. The quantitative estimate of drug-likeness (QED) is 0.0951. The minimum atomic E-state index is -0.544. The Labute approximate surface area is 224 Å². The topological polar surface area (TPSA) is 65.7 Å². The summed E-state index contributed by atoms with van der Waals surface area (Å²) in [5, 5.41) is 1.45. The standard InChI is InChI=1S/C32H23ClO5/c1-21-29(17-16-27-28(19-31(35)38-32(21)27)24-5-3-2-4-6-24)37-30(34)18-11-22-9-14-26(15-10-22)36-20-23-7-12-25(33)13-8-23/h2-19H,20H2,1H3/b18-11+. The number of rotatable bonds is 7. The van der Waals surface area contributed by atoms with Crippen molar-refractivity contribution in [1.29, 1.82) is 0 Å². The Morgan fingerprint density at radius 2 is 1.66 bits per heavy atom. The number of fused-ring (bicyclic) bond motifs is 1. The summed E-state index contributed by atoms with van der Waals surface area (Å²) in [4.78, 5) is 24.8. The maximum absolute atomic E-state index is 12.5. The van der Waals surface area contributed by atoms with Crippen LogP contribution in [0, 0.1) is 6.92 Å². The van der Waals surface area contributed by atoms with Gasteiger partial charge in [-0.2, -0.15) is 0 Å². The smallest absolute Gasteiger partial charge is 0.336 e. The summed E-state index contributed by atoms with van der Waals surface area (Å²) < 4.78 is 16.8. The van der Waals surface area contributed by atoms with Gasteiger partial charge in [0.1, 0.15) is 23.7 Å². The molecule has 1 aromatic heterocycles. The Morgan fingerprint density at radius 1 is 0.921 bits per heavy atom. The lowest BCUT2D eigenvalue weighted by Gasteiger charge is -2.11. The van der Waals surface area contributed by atoms with Crippen molar-refractivity contribution in [3.8, 4) is 22.6 Å². The molecule has 0 saturated heterocycles. The molecule has 4 aromatic carbocycles. The third kappa shape index (κ3) is 5.85. The van der Waals surface area contributed by atoms with E-state index in [-0.39, 0.29) is 0 Å². The second kappa shape index (κ2) is 11.2. The van der Waals surface area contributed by atoms with Gasteiger partial charge in [-0.25, -0.2) is 9.59 Å². The van der Waals surface area contributed by atoms with Crippen molar-refractivity contribution in [2.24, 2.45) is 0 Å². The molecular formula is C32H23ClO5. The van der Waals surface area contributed by atoms with Gasteiger partial charge in [0, 0.05) is 28.1 Å². The van der Waals surface area contributed by atoms with E-state index in [2.05, 4.69) is 0 Å². The Bertz CT molecular complexity index is 1670. The van der Waals surface area contributed by atoms with E-state index in [0.717, 1.165) is 27.6 Å². The number of ether oxygens (including phenoxy) is 2. The molecule has 188 valence electrons. The molecule has 0 aliphatic heterocycles. The van der Waals surface area contributed by atoms with Gasteiger partial charge < -0.3 is 13.9 Å². The van der Waals surface area contributed by atoms with Crippen LogP contribution in [-0.2, 0) is 11.4 Å². The van der Waals surface area contributed by atoms with Gasteiger partial charge in [0.25, 0.3) is 0 Å². The summed E-state index contributed by atoms with van der Waals surface area (Å²) in [6.45, 7) is 2.19. The van der Waals surface area contributed by atoms with Crippen LogP contribution in [0.25, 0.3) is 28.2 Å². The molecular weight excluding hydrogens is 500 g/mol. The van der Waals surface area contributed by atoms with Crippen molar-refractivity contribution in [2.75, 3.05) is 0 Å². The first kappa shape index (κ1) is 25.1. The average molecular weight is 523 g/mol. The summed E-state index contributed by atoms with van der Waals surface area (Å²) in [6.07, 6.45) is 3.01. The fourth-order valence-corrected chi connectivity index (χ4v) is 4.17. The Hall–Kier alpha value is -4.61. The molecule has 0 saturated carbocycles. The van der Waals surface area contributed by atoms with Crippen LogP contribution in [0.1, 0.15) is 16.7 Å². The van der Waals surface area contributed by atoms with Crippen molar-refractivity contribution < 1.29 is 18.7 Å². The van der Waals surface area contributed by atoms with Gasteiger partial charge in [-0.1, -0.05) is 66.2 Å². The van der Waals surface area contributed by atoms with Gasteiger partial charge in [0.15, 0.2) is 0 Å². The highest BCUT2D eigenvalue weighted by molar-refractivity contribution is 6.30. The lowest BCUT2D eigenvalue weighted by atomic mass is 10.0. The van der Waals surface area contributed by atoms with Crippen LogP contribution in [-0.4, -0.2) is 5.97 Å². The Balaban J connectivity index is 1.27. The number of hydrogen-bond acceptors (Lipinski definition) is 5. The number of hydrogen-bond donors (Lipinski definition) is 0. The van der Waals surface area contributed by atoms with E-state index in [0.29, 0.717) is 34.3 Å². The molecule has 0 unspecified atom stereocenters. The van der Waals surface area contributed by atoms with Crippen LogP contribution in [0.5, 0.6) is 11.5 Å². The molecule has 0 radical (unpaired) electrons. The molecule has 0 aliphatic carbocycles. The molecule has 0 atom stereocenters. The third-order valence-corrected chi connectivity index (χ3v) is 6.27. The molecule has 6 heteroatoms. The Kier molecular flexibility index (Phi) is 7.38. The Morgan fingerprint density at radius 3 is 2.39 bits per heavy atom. The van der Waals surface area contributed by atoms with Crippen molar-refractivity contribution >= 4 is 34.6 Å². The van der Waals surface area contributed by atoms with Crippen molar-refractivity contribution in [3.05, 3.63) is 135 Å². The van der Waals surface area contributed by atoms with Gasteiger partial charge in [-0.05, 0) is 71.7 Å². The highest BCUT2D eigenvalue weighted by Gasteiger charge is 2.14. The zero-order valence-corrected chi connectivity index (χ0v) is 21.3. The maximum atomic E-state index is 12.5. The van der Waals surface area contributed by atoms with E-state index >= 15 is 0 Å². The van der Waals surface area contributed by atoms with Crippen LogP contribution in [0.4, 0.5) is 0 Å². The summed E-state index contributed by atoms with van der Waals surface area (Å²) in [5.41, 5.74) is 3.98. The predicted octanol–water partition coefficient (Wildman–Crippen LogP) is 7.62. The first-order valence-electron chi connectivity index (χ1n) is 12.0. The van der Waals surface area contributed by atoms with Gasteiger partial charge in [0.05, 0.1) is 0 Å². The minimum absolute atomic E-state index is 0.325. The second-order valence-corrected chi connectivity index (χ2v) is 9.09. The van der Waals surface area contributed by atoms with Crippen molar-refractivity contribution in [3.63, 3.8) is 0 Å². The van der Waals surface area contributed by atoms with Crippen molar-refractivity contribution in [1.82, 2.24) is 0 Å². The van der Waals surface area contributed by atoms with E-state index < -0.39 is 11.6 Å². The molecule has 1 heterocycles. The lowest BCUT2D eigenvalue weighted by Crippen LogP contribution is -2.06. The van der Waals surface area contributed by atoms with E-state index in [4.69, 9.17) is 25.5 Å². The zero-order chi connectivity index (χ0) is 26.5. The van der Waals surface area contributed by atoms with Crippen LogP contribution >= 0.6 is 11.6 Å². The van der Waals surface area contributed by atoms with Gasteiger partial charge >= 0.3 is 11.6 Å². The summed E-state index contributed by atoms with van der Waals surface area (Å²) >= 11 is 5.91. The molecule has 5 rings (SSSR count). The molecule has 0 spiro atoms. The molecule has 5 nitrogen and oxygen atoms in total. The minimum Gasteiger partial charge on any atom is -0.489 e. The van der Waals surface area contributed by atoms with Crippen LogP contribution in [0.15, 0.2) is 112 Å². The van der Waals surface area contributed by atoms with Crippen LogP contribution in [0.3, 0.4) is 0 Å². The second-order valence-electron chi connectivity index (χ2n) is 8.65. The van der Waals surface area contributed by atoms with Gasteiger partial charge in [0.2, 0.25) is 0 Å². The third-order valence-electron chi connectivity index (χ3n) is 6.02. The molecule has 5 aromatic rings. The average Bonchev–Trinajstić information content (AvgIpc) is 2.94. The molecule has 0 amide bonds. The number of benzene rings is 4. The monoisotopic (exact) mass is 522 g/mol. The largest absolute Gasteiger partial charge is 0.489 e. The highest BCUT2D eigenvalue weighted by atomic mass is 35.5. The fourth-order valence-electron chi connectivity index (χ4n) is 4.04. The first-order chi connectivity index (χ1) is 18.5. The molecule has 0 fully saturated rings. The maximum Gasteiger partial charge on any atom is 0.336 e. The zero-order valence-electron chi connectivity index (χ0n) is 20.5. The number of aryl methyl sites for hydroxylation is 1. The van der Waals surface area contributed by atoms with Crippen LogP contribution < -0.4 is 15.1 Å². The number of esters is 1. The van der Waals surface area contributed by atoms with Gasteiger partial charge in [-0.3, -0.25) is 0 Å². The molecule has 0 aliphatic rings. The van der Waals surface area contributed by atoms with E-state index in [1.807, 2.05) is 78.9 Å². The molecule has 38 heavy (non-hydrogen) atoms. The summed E-state index contributed by atoms with van der Waals surface area (Å²) in [7, 11) is 0. The van der Waals surface area contributed by atoms with Gasteiger partial charge in [-0.15, -0.1) is 0 Å². The van der Waals surface area contributed by atoms with E-state index in [1.54, 1.807) is 25.1 Å². The molecule has 0 bridgehead atoms. The SMILES string of the molecule is Cc1c(OC(=O)/C=C/c2ccc(OCc3ccc(Cl)cc3)cc2)ccc2c(-c3ccccc3)cc(=O)oc12. The fraction of sp³-hybridized carbons (Fsp3) is 0.0625. The van der Waals surface area contributed by atoms with Crippen molar-refractivity contribution in [2.45, 2.75) is 13.5 Å². The molecule has 0 N–H and O–H groups in total. The summed E-state index contributed by atoms with van der Waals surface area (Å²) in [6, 6.07) is 29.4. The van der Waals surface area contributed by atoms with E-state index in [9.17, 15) is 9.59 Å². The number of halogens is 1. The lowest BCUT2D eigenvalue weighted by molar-refractivity contribution is -0.128. The predicted molar refractivity (Wildman–Crippen MR) is 150 cm³/mol. The normalized spacial score (nSPS) is 11.1. The first-order valence-corrected chi connectivity index (χ1v) is 12.3. The van der Waals surface area contributed by atoms with Crippen LogP contribution in [0.2, 0.25) is 5.02 Å². The summed E-state index contributed by atoms with van der Waals surface area (Å²) in [5.74, 6) is 0.492. The number of carbonyl (C=O) groups excluding carboxylic acids is 1.